The van der Waals surface area contributed by atoms with E-state index in [0.29, 0.717) is 12.8 Å². The van der Waals surface area contributed by atoms with Crippen molar-refractivity contribution < 1.29 is 14.6 Å². The molecule has 0 spiro atoms. The van der Waals surface area contributed by atoms with Crippen LogP contribution >= 0.6 is 11.6 Å². The molecule has 156 valence electrons. The van der Waals surface area contributed by atoms with Crippen molar-refractivity contribution in [2.75, 3.05) is 6.61 Å². The SMILES string of the molecule is CCCOc1ccc(Cc2cc(C3CC(O)CC(C)O3)c3c(c2Cl)CCC3)cc1. The number of rotatable bonds is 6. The lowest BCUT2D eigenvalue weighted by Crippen LogP contribution is -2.30. The zero-order chi connectivity index (χ0) is 20.4. The smallest absolute Gasteiger partial charge is 0.119 e. The van der Waals surface area contributed by atoms with E-state index in [9.17, 15) is 5.11 Å². The number of aliphatic hydroxyl groups is 1. The molecule has 1 aliphatic carbocycles. The molecule has 29 heavy (non-hydrogen) atoms. The number of halogens is 1. The van der Waals surface area contributed by atoms with E-state index in [1.807, 2.05) is 12.1 Å². The van der Waals surface area contributed by atoms with Crippen LogP contribution in [0.25, 0.3) is 0 Å². The zero-order valence-corrected chi connectivity index (χ0v) is 18.2. The fourth-order valence-corrected chi connectivity index (χ4v) is 5.04. The van der Waals surface area contributed by atoms with Crippen LogP contribution in [0.2, 0.25) is 5.02 Å². The quantitative estimate of drug-likeness (QED) is 0.648. The molecule has 0 saturated carbocycles. The molecular formula is C25H31ClO3. The van der Waals surface area contributed by atoms with Crippen molar-refractivity contribution in [1.82, 2.24) is 0 Å². The van der Waals surface area contributed by atoms with E-state index >= 15 is 0 Å². The molecule has 4 heteroatoms. The van der Waals surface area contributed by atoms with Gasteiger partial charge >= 0.3 is 0 Å². The summed E-state index contributed by atoms with van der Waals surface area (Å²) in [4.78, 5) is 0. The Bertz CT molecular complexity index is 836. The summed E-state index contributed by atoms with van der Waals surface area (Å²) in [5.41, 5.74) is 6.26. The molecule has 3 atom stereocenters. The van der Waals surface area contributed by atoms with Crippen molar-refractivity contribution in [3.63, 3.8) is 0 Å². The van der Waals surface area contributed by atoms with Crippen molar-refractivity contribution >= 4 is 11.6 Å². The lowest BCUT2D eigenvalue weighted by Gasteiger charge is -2.33. The molecule has 0 amide bonds. The maximum Gasteiger partial charge on any atom is 0.119 e. The molecular weight excluding hydrogens is 384 g/mol. The van der Waals surface area contributed by atoms with Gasteiger partial charge in [0.2, 0.25) is 0 Å². The summed E-state index contributed by atoms with van der Waals surface area (Å²) in [5, 5.41) is 11.2. The summed E-state index contributed by atoms with van der Waals surface area (Å²) in [6.45, 7) is 4.90. The topological polar surface area (TPSA) is 38.7 Å². The maximum absolute atomic E-state index is 10.3. The van der Waals surface area contributed by atoms with Gasteiger partial charge in [0.15, 0.2) is 0 Å². The van der Waals surface area contributed by atoms with Gasteiger partial charge in [0.05, 0.1) is 24.9 Å². The summed E-state index contributed by atoms with van der Waals surface area (Å²) in [7, 11) is 0. The van der Waals surface area contributed by atoms with Crippen LogP contribution in [0.15, 0.2) is 30.3 Å². The minimum absolute atomic E-state index is 0.0403. The second-order valence-electron chi connectivity index (χ2n) is 8.48. The van der Waals surface area contributed by atoms with Crippen LogP contribution in [0.5, 0.6) is 5.75 Å². The van der Waals surface area contributed by atoms with E-state index in [-0.39, 0.29) is 18.3 Å². The van der Waals surface area contributed by atoms with E-state index in [4.69, 9.17) is 21.1 Å². The summed E-state index contributed by atoms with van der Waals surface area (Å²) >= 11 is 6.86. The Morgan fingerprint density at radius 2 is 1.90 bits per heavy atom. The Morgan fingerprint density at radius 1 is 1.14 bits per heavy atom. The van der Waals surface area contributed by atoms with Crippen LogP contribution in [0.1, 0.15) is 73.5 Å². The molecule has 1 aliphatic heterocycles. The van der Waals surface area contributed by atoms with E-state index < -0.39 is 0 Å². The van der Waals surface area contributed by atoms with Gasteiger partial charge in [-0.05, 0) is 85.4 Å². The van der Waals surface area contributed by atoms with Gasteiger partial charge in [0.25, 0.3) is 0 Å². The number of aliphatic hydroxyl groups excluding tert-OH is 1. The molecule has 1 saturated heterocycles. The lowest BCUT2D eigenvalue weighted by atomic mass is 9.89. The van der Waals surface area contributed by atoms with Crippen LogP contribution in [-0.4, -0.2) is 23.9 Å². The summed E-state index contributed by atoms with van der Waals surface area (Å²) < 4.78 is 11.9. The monoisotopic (exact) mass is 414 g/mol. The minimum atomic E-state index is -0.296. The average molecular weight is 415 g/mol. The second-order valence-corrected chi connectivity index (χ2v) is 8.86. The van der Waals surface area contributed by atoms with Gasteiger partial charge in [-0.2, -0.15) is 0 Å². The van der Waals surface area contributed by atoms with Gasteiger partial charge < -0.3 is 14.6 Å². The van der Waals surface area contributed by atoms with E-state index in [1.54, 1.807) is 0 Å². The summed E-state index contributed by atoms with van der Waals surface area (Å²) in [6, 6.07) is 10.6. The fourth-order valence-electron chi connectivity index (χ4n) is 4.71. The Morgan fingerprint density at radius 3 is 2.62 bits per heavy atom. The van der Waals surface area contributed by atoms with Gasteiger partial charge in [0, 0.05) is 11.4 Å². The van der Waals surface area contributed by atoms with Crippen LogP contribution in [0, 0.1) is 0 Å². The van der Waals surface area contributed by atoms with E-state index in [0.717, 1.165) is 55.0 Å². The number of benzene rings is 2. The predicted octanol–water partition coefficient (Wildman–Crippen LogP) is 5.81. The third kappa shape index (κ3) is 4.63. The summed E-state index contributed by atoms with van der Waals surface area (Å²) in [5.74, 6) is 0.912. The third-order valence-corrected chi connectivity index (χ3v) is 6.54. The van der Waals surface area contributed by atoms with Crippen LogP contribution in [-0.2, 0) is 24.0 Å². The molecule has 0 bridgehead atoms. The van der Waals surface area contributed by atoms with Gasteiger partial charge in [0.1, 0.15) is 5.75 Å². The first kappa shape index (κ1) is 20.7. The molecule has 1 fully saturated rings. The Hall–Kier alpha value is -1.55. The molecule has 1 N–H and O–H groups in total. The highest BCUT2D eigenvalue weighted by Crippen LogP contribution is 2.41. The third-order valence-electron chi connectivity index (χ3n) is 6.07. The Balaban J connectivity index is 1.62. The van der Waals surface area contributed by atoms with Gasteiger partial charge in [-0.15, -0.1) is 0 Å². The molecule has 3 unspecified atom stereocenters. The zero-order valence-electron chi connectivity index (χ0n) is 17.4. The van der Waals surface area contributed by atoms with Crippen LogP contribution < -0.4 is 4.74 Å². The first-order chi connectivity index (χ1) is 14.0. The van der Waals surface area contributed by atoms with E-state index in [1.165, 1.54) is 22.3 Å². The molecule has 3 nitrogen and oxygen atoms in total. The Labute approximate surface area is 179 Å². The highest BCUT2D eigenvalue weighted by Gasteiger charge is 2.31. The molecule has 4 rings (SSSR count). The van der Waals surface area contributed by atoms with E-state index in [2.05, 4.69) is 32.0 Å². The lowest BCUT2D eigenvalue weighted by molar-refractivity contribution is -0.0898. The second kappa shape index (κ2) is 9.07. The molecule has 2 aromatic rings. The van der Waals surface area contributed by atoms with Crippen molar-refractivity contribution in [3.8, 4) is 5.75 Å². The van der Waals surface area contributed by atoms with Crippen molar-refractivity contribution in [2.45, 2.75) is 77.1 Å². The molecule has 0 radical (unpaired) electrons. The van der Waals surface area contributed by atoms with Gasteiger partial charge in [-0.3, -0.25) is 0 Å². The van der Waals surface area contributed by atoms with Crippen molar-refractivity contribution in [3.05, 3.63) is 63.2 Å². The first-order valence-electron chi connectivity index (χ1n) is 10.9. The fraction of sp³-hybridized carbons (Fsp3) is 0.520. The molecule has 1 heterocycles. The largest absolute Gasteiger partial charge is 0.494 e. The summed E-state index contributed by atoms with van der Waals surface area (Å²) in [6.07, 6.45) is 6.14. The van der Waals surface area contributed by atoms with Crippen molar-refractivity contribution in [1.29, 1.82) is 0 Å². The maximum atomic E-state index is 10.3. The molecule has 0 aromatic heterocycles. The van der Waals surface area contributed by atoms with Crippen LogP contribution in [0.3, 0.4) is 0 Å². The number of fused-ring (bicyclic) bond motifs is 1. The van der Waals surface area contributed by atoms with Gasteiger partial charge in [-0.1, -0.05) is 36.7 Å². The Kier molecular flexibility index (Phi) is 6.48. The highest BCUT2D eigenvalue weighted by atomic mass is 35.5. The normalized spacial score (nSPS) is 23.8. The minimum Gasteiger partial charge on any atom is -0.494 e. The highest BCUT2D eigenvalue weighted by molar-refractivity contribution is 6.32. The average Bonchev–Trinajstić information content (AvgIpc) is 3.19. The van der Waals surface area contributed by atoms with Crippen molar-refractivity contribution in [2.24, 2.45) is 0 Å². The molecule has 2 aromatic carbocycles. The number of ether oxygens (including phenoxy) is 2. The number of hydrogen-bond acceptors (Lipinski definition) is 3. The first-order valence-corrected chi connectivity index (χ1v) is 11.3. The predicted molar refractivity (Wildman–Crippen MR) is 117 cm³/mol. The van der Waals surface area contributed by atoms with Crippen LogP contribution in [0.4, 0.5) is 0 Å². The van der Waals surface area contributed by atoms with Gasteiger partial charge in [-0.25, -0.2) is 0 Å². The standard InChI is InChI=1S/C25H31ClO3/c1-3-11-28-20-9-7-17(8-10-20)13-18-14-23(21-5-4-6-22(21)25(18)26)24-15-19(27)12-16(2)29-24/h7-10,14,16,19,24,27H,3-6,11-13,15H2,1-2H3. The molecule has 2 aliphatic rings. The number of hydrogen-bond donors (Lipinski definition) is 1.